The van der Waals surface area contributed by atoms with E-state index in [1.165, 1.54) is 0 Å². The standard InChI is InChI=1S/C31H42N4O6/c1-16(2)15-41-30(40)34-24(20-12-18-7-5-6-8-19(18)13-20)29(39)35-14-21-23(31(21,3)4)25(35)28(38)33-22(11-17-9-10-17)26(36)27(32)37/h5-8,16-17,20-25H,9-15H2,1-4H3,(H2,32,37)(H,33,38)(H,34,40)/t21?,22?,23-,24-,25-/m0/s1. The van der Waals surface area contributed by atoms with E-state index in [0.29, 0.717) is 25.8 Å². The molecule has 1 aromatic carbocycles. The summed E-state index contributed by atoms with van der Waals surface area (Å²) >= 11 is 0. The van der Waals surface area contributed by atoms with Gasteiger partial charge in [-0.2, -0.15) is 0 Å². The van der Waals surface area contributed by atoms with E-state index in [4.69, 9.17) is 10.5 Å². The molecule has 41 heavy (non-hydrogen) atoms. The quantitative estimate of drug-likeness (QED) is 0.349. The van der Waals surface area contributed by atoms with Crippen LogP contribution in [0.5, 0.6) is 0 Å². The first-order valence-electron chi connectivity index (χ1n) is 14.8. The molecule has 1 aliphatic heterocycles. The molecule has 1 heterocycles. The molecule has 3 aliphatic carbocycles. The second-order valence-corrected chi connectivity index (χ2v) is 13.4. The van der Waals surface area contributed by atoms with Crippen LogP contribution in [0.2, 0.25) is 0 Å². The first-order chi connectivity index (χ1) is 19.4. The number of carbonyl (C=O) groups is 5. The molecule has 0 radical (unpaired) electrons. The van der Waals surface area contributed by atoms with Crippen LogP contribution in [0.15, 0.2) is 24.3 Å². The van der Waals surface area contributed by atoms with E-state index in [2.05, 4.69) is 24.5 Å². The lowest BCUT2D eigenvalue weighted by molar-refractivity contribution is -0.144. The molecular formula is C31H42N4O6. The number of benzene rings is 1. The molecule has 1 aromatic rings. The van der Waals surface area contributed by atoms with Crippen LogP contribution in [0.1, 0.15) is 58.1 Å². The lowest BCUT2D eigenvalue weighted by Crippen LogP contribution is -2.59. The zero-order chi connectivity index (χ0) is 29.6. The van der Waals surface area contributed by atoms with Crippen molar-refractivity contribution in [2.75, 3.05) is 13.2 Å². The molecule has 0 bridgehead atoms. The number of hydrogen-bond donors (Lipinski definition) is 3. The zero-order valence-corrected chi connectivity index (χ0v) is 24.4. The normalized spacial score (nSPS) is 25.6. The summed E-state index contributed by atoms with van der Waals surface area (Å²) in [6, 6.07) is 5.29. The van der Waals surface area contributed by atoms with E-state index in [-0.39, 0.29) is 47.5 Å². The molecule has 10 heteroatoms. The Morgan fingerprint density at radius 1 is 1.05 bits per heavy atom. The van der Waals surface area contributed by atoms with Crippen LogP contribution in [-0.2, 0) is 36.8 Å². The number of hydrogen-bond acceptors (Lipinski definition) is 6. The van der Waals surface area contributed by atoms with Crippen molar-refractivity contribution < 1.29 is 28.7 Å². The van der Waals surface area contributed by atoms with E-state index in [9.17, 15) is 24.0 Å². The number of fused-ring (bicyclic) bond motifs is 2. The maximum atomic E-state index is 14.3. The van der Waals surface area contributed by atoms with Gasteiger partial charge in [-0.05, 0) is 65.4 Å². The van der Waals surface area contributed by atoms with Gasteiger partial charge in [-0.15, -0.1) is 0 Å². The molecule has 222 valence electrons. The number of ether oxygens (including phenoxy) is 1. The Labute approximate surface area is 241 Å². The molecule has 4 aliphatic rings. The highest BCUT2D eigenvalue weighted by molar-refractivity contribution is 6.37. The number of likely N-dealkylation sites (tertiary alicyclic amines) is 1. The van der Waals surface area contributed by atoms with Gasteiger partial charge in [-0.25, -0.2) is 4.79 Å². The van der Waals surface area contributed by atoms with E-state index >= 15 is 0 Å². The van der Waals surface area contributed by atoms with Gasteiger partial charge in [0.1, 0.15) is 12.1 Å². The monoisotopic (exact) mass is 566 g/mol. The van der Waals surface area contributed by atoms with Crippen LogP contribution in [0.3, 0.4) is 0 Å². The predicted octanol–water partition coefficient (Wildman–Crippen LogP) is 1.97. The molecule has 4 N–H and O–H groups in total. The summed E-state index contributed by atoms with van der Waals surface area (Å²) in [5.41, 5.74) is 7.42. The number of amides is 4. The number of alkyl carbamates (subject to hydrolysis) is 1. The van der Waals surface area contributed by atoms with Crippen LogP contribution in [0.4, 0.5) is 4.79 Å². The van der Waals surface area contributed by atoms with Crippen molar-refractivity contribution in [3.8, 4) is 0 Å². The van der Waals surface area contributed by atoms with Crippen molar-refractivity contribution in [1.29, 1.82) is 0 Å². The minimum atomic E-state index is -1.08. The van der Waals surface area contributed by atoms with Crippen molar-refractivity contribution in [2.45, 2.75) is 77.9 Å². The first kappa shape index (κ1) is 29.1. The summed E-state index contributed by atoms with van der Waals surface area (Å²) in [6.07, 6.45) is 2.82. The Kier molecular flexibility index (Phi) is 7.87. The Morgan fingerprint density at radius 2 is 1.68 bits per heavy atom. The van der Waals surface area contributed by atoms with Gasteiger partial charge in [0.2, 0.25) is 17.6 Å². The third kappa shape index (κ3) is 5.97. The second-order valence-electron chi connectivity index (χ2n) is 13.4. The van der Waals surface area contributed by atoms with Crippen molar-refractivity contribution >= 4 is 29.6 Å². The summed E-state index contributed by atoms with van der Waals surface area (Å²) in [7, 11) is 0. The minimum absolute atomic E-state index is 0.0916. The number of nitrogens with zero attached hydrogens (tertiary/aromatic N) is 1. The summed E-state index contributed by atoms with van der Waals surface area (Å²) in [5.74, 6) is -2.44. The minimum Gasteiger partial charge on any atom is -0.449 e. The van der Waals surface area contributed by atoms with Crippen LogP contribution in [0, 0.1) is 35.0 Å². The highest BCUT2D eigenvalue weighted by Crippen LogP contribution is 2.65. The number of primary amides is 1. The fraction of sp³-hybridized carbons (Fsp3) is 0.645. The average Bonchev–Trinajstić information content (AvgIpc) is 3.67. The maximum absolute atomic E-state index is 14.3. The fourth-order valence-electron chi connectivity index (χ4n) is 6.96. The number of rotatable bonds is 11. The summed E-state index contributed by atoms with van der Waals surface area (Å²) in [6.45, 7) is 8.63. The molecule has 5 rings (SSSR count). The van der Waals surface area contributed by atoms with Crippen molar-refractivity contribution in [3.05, 3.63) is 35.4 Å². The van der Waals surface area contributed by atoms with Gasteiger partial charge in [0.05, 0.1) is 12.6 Å². The average molecular weight is 567 g/mol. The van der Waals surface area contributed by atoms with E-state index in [1.807, 2.05) is 38.1 Å². The van der Waals surface area contributed by atoms with Crippen LogP contribution in [-0.4, -0.2) is 65.8 Å². The highest BCUT2D eigenvalue weighted by Gasteiger charge is 2.69. The SMILES string of the molecule is CC(C)COC(=O)N[C@H](C(=O)N1CC2[C@@H]([C@H]1C(=O)NC(CC1CC1)C(=O)C(N)=O)C2(C)C)C1Cc2ccccc2C1. The van der Waals surface area contributed by atoms with Gasteiger partial charge >= 0.3 is 6.09 Å². The van der Waals surface area contributed by atoms with Gasteiger partial charge in [0.25, 0.3) is 5.91 Å². The molecule has 3 fully saturated rings. The molecule has 0 aromatic heterocycles. The van der Waals surface area contributed by atoms with Gasteiger partial charge in [0.15, 0.2) is 0 Å². The topological polar surface area (TPSA) is 148 Å². The molecule has 10 nitrogen and oxygen atoms in total. The Hall–Kier alpha value is -3.43. The number of Topliss-reactive ketones (excluding diaryl/α,β-unsaturated/α-hetero) is 1. The third-order valence-electron chi connectivity index (χ3n) is 9.54. The third-order valence-corrected chi connectivity index (χ3v) is 9.54. The number of carbonyl (C=O) groups excluding carboxylic acids is 5. The lowest BCUT2D eigenvalue weighted by Gasteiger charge is -2.35. The number of nitrogens with two attached hydrogens (primary N) is 1. The fourth-order valence-corrected chi connectivity index (χ4v) is 6.96. The Morgan fingerprint density at radius 3 is 2.24 bits per heavy atom. The smallest absolute Gasteiger partial charge is 0.407 e. The second kappa shape index (κ2) is 11.1. The largest absolute Gasteiger partial charge is 0.449 e. The van der Waals surface area contributed by atoms with E-state index in [0.717, 1.165) is 24.0 Å². The number of nitrogens with one attached hydrogen (secondary N) is 2. The first-order valence-corrected chi connectivity index (χ1v) is 14.8. The summed E-state index contributed by atoms with van der Waals surface area (Å²) in [5, 5.41) is 5.64. The van der Waals surface area contributed by atoms with E-state index < -0.39 is 41.8 Å². The summed E-state index contributed by atoms with van der Waals surface area (Å²) in [4.78, 5) is 66.8. The molecule has 2 unspecified atom stereocenters. The van der Waals surface area contributed by atoms with Crippen molar-refractivity contribution in [1.82, 2.24) is 15.5 Å². The van der Waals surface area contributed by atoms with Gasteiger partial charge in [-0.1, -0.05) is 64.8 Å². The Bertz CT molecular complexity index is 1220. The van der Waals surface area contributed by atoms with Gasteiger partial charge < -0.3 is 26.0 Å². The van der Waals surface area contributed by atoms with Crippen LogP contribution < -0.4 is 16.4 Å². The number of piperidine rings is 1. The summed E-state index contributed by atoms with van der Waals surface area (Å²) < 4.78 is 5.38. The van der Waals surface area contributed by atoms with Gasteiger partial charge in [0, 0.05) is 6.54 Å². The molecular weight excluding hydrogens is 524 g/mol. The predicted molar refractivity (Wildman–Crippen MR) is 150 cm³/mol. The lowest BCUT2D eigenvalue weighted by atomic mass is 9.93. The maximum Gasteiger partial charge on any atom is 0.407 e. The Balaban J connectivity index is 1.38. The van der Waals surface area contributed by atoms with Crippen molar-refractivity contribution in [3.63, 3.8) is 0 Å². The molecule has 1 saturated heterocycles. The van der Waals surface area contributed by atoms with E-state index in [1.54, 1.807) is 4.90 Å². The molecule has 5 atom stereocenters. The molecule has 2 saturated carbocycles. The highest BCUT2D eigenvalue weighted by atomic mass is 16.5. The number of ketones is 1. The molecule has 0 spiro atoms. The van der Waals surface area contributed by atoms with Crippen LogP contribution in [0.25, 0.3) is 0 Å². The zero-order valence-electron chi connectivity index (χ0n) is 24.4. The molecule has 4 amide bonds. The van der Waals surface area contributed by atoms with Gasteiger partial charge in [-0.3, -0.25) is 19.2 Å². The van der Waals surface area contributed by atoms with Crippen LogP contribution >= 0.6 is 0 Å². The van der Waals surface area contributed by atoms with Crippen molar-refractivity contribution in [2.24, 2.45) is 40.7 Å².